The van der Waals surface area contributed by atoms with Gasteiger partial charge in [-0.1, -0.05) is 32.3 Å². The molecule has 0 atom stereocenters. The van der Waals surface area contributed by atoms with Gasteiger partial charge in [0.15, 0.2) is 17.3 Å². The summed E-state index contributed by atoms with van der Waals surface area (Å²) in [5.74, 6) is 1.48. The Hall–Kier alpha value is -1.51. The fourth-order valence-electron chi connectivity index (χ4n) is 2.14. The molecule has 1 aliphatic heterocycles. The number of ketones is 1. The molecule has 0 saturated heterocycles. The molecule has 2 rings (SSSR count). The number of carbonyl (C=O) groups is 1. The largest absolute Gasteiger partial charge is 0.486 e. The molecule has 18 heavy (non-hydrogen) atoms. The second-order valence-corrected chi connectivity index (χ2v) is 4.56. The van der Waals surface area contributed by atoms with Crippen molar-refractivity contribution in [1.29, 1.82) is 0 Å². The summed E-state index contributed by atoms with van der Waals surface area (Å²) in [5, 5.41) is 0. The minimum Gasteiger partial charge on any atom is -0.486 e. The Bertz CT molecular complexity index is 412. The highest BCUT2D eigenvalue weighted by Crippen LogP contribution is 2.34. The molecule has 0 spiro atoms. The van der Waals surface area contributed by atoms with Gasteiger partial charge in [0, 0.05) is 6.42 Å². The van der Waals surface area contributed by atoms with Gasteiger partial charge in [0.25, 0.3) is 0 Å². The standard InChI is InChI=1S/C15H20O3/c1-2-3-4-5-8-13(16)12-7-6-9-14-15(12)18-11-10-17-14/h6-7,9H,2-5,8,10-11H2,1H3. The van der Waals surface area contributed by atoms with Crippen molar-refractivity contribution < 1.29 is 14.3 Å². The van der Waals surface area contributed by atoms with Gasteiger partial charge in [0.05, 0.1) is 5.56 Å². The van der Waals surface area contributed by atoms with E-state index in [1.54, 1.807) is 0 Å². The lowest BCUT2D eigenvalue weighted by atomic mass is 10.0. The van der Waals surface area contributed by atoms with Crippen LogP contribution in [0.2, 0.25) is 0 Å². The van der Waals surface area contributed by atoms with Gasteiger partial charge in [0.2, 0.25) is 0 Å². The van der Waals surface area contributed by atoms with E-state index in [9.17, 15) is 4.79 Å². The average Bonchev–Trinajstić information content (AvgIpc) is 2.43. The number of rotatable bonds is 6. The maximum atomic E-state index is 12.1. The molecule has 0 radical (unpaired) electrons. The van der Waals surface area contributed by atoms with Crippen molar-refractivity contribution in [2.75, 3.05) is 13.2 Å². The third kappa shape index (κ3) is 3.03. The predicted molar refractivity (Wildman–Crippen MR) is 70.5 cm³/mol. The first kappa shape index (κ1) is 12.9. The summed E-state index contributed by atoms with van der Waals surface area (Å²) in [6.45, 7) is 3.24. The molecule has 0 bridgehead atoms. The van der Waals surface area contributed by atoms with Crippen LogP contribution in [0.25, 0.3) is 0 Å². The van der Waals surface area contributed by atoms with Crippen molar-refractivity contribution in [3.8, 4) is 11.5 Å². The molecule has 0 saturated carbocycles. The van der Waals surface area contributed by atoms with Gasteiger partial charge in [-0.3, -0.25) is 4.79 Å². The minimum atomic E-state index is 0.161. The van der Waals surface area contributed by atoms with Gasteiger partial charge in [-0.15, -0.1) is 0 Å². The number of benzene rings is 1. The van der Waals surface area contributed by atoms with Gasteiger partial charge in [-0.25, -0.2) is 0 Å². The highest BCUT2D eigenvalue weighted by molar-refractivity contribution is 5.99. The van der Waals surface area contributed by atoms with Crippen LogP contribution in [0.5, 0.6) is 11.5 Å². The highest BCUT2D eigenvalue weighted by Gasteiger charge is 2.19. The molecule has 0 unspecified atom stereocenters. The van der Waals surface area contributed by atoms with E-state index in [4.69, 9.17) is 9.47 Å². The third-order valence-electron chi connectivity index (χ3n) is 3.12. The monoisotopic (exact) mass is 248 g/mol. The second-order valence-electron chi connectivity index (χ2n) is 4.56. The van der Waals surface area contributed by atoms with Crippen LogP contribution in [0, 0.1) is 0 Å². The fraction of sp³-hybridized carbons (Fsp3) is 0.533. The van der Waals surface area contributed by atoms with Gasteiger partial charge in [-0.05, 0) is 18.6 Å². The number of unbranched alkanes of at least 4 members (excludes halogenated alkanes) is 3. The lowest BCUT2D eigenvalue weighted by molar-refractivity contribution is 0.0968. The Labute approximate surface area is 108 Å². The quantitative estimate of drug-likeness (QED) is 0.570. The summed E-state index contributed by atoms with van der Waals surface area (Å²) >= 11 is 0. The van der Waals surface area contributed by atoms with E-state index in [1.807, 2.05) is 18.2 Å². The number of fused-ring (bicyclic) bond motifs is 1. The Morgan fingerprint density at radius 3 is 2.83 bits per heavy atom. The smallest absolute Gasteiger partial charge is 0.172 e. The lowest BCUT2D eigenvalue weighted by Gasteiger charge is -2.20. The molecule has 0 amide bonds. The molecule has 3 nitrogen and oxygen atoms in total. The number of para-hydroxylation sites is 1. The number of carbonyl (C=O) groups excluding carboxylic acids is 1. The van der Waals surface area contributed by atoms with Crippen LogP contribution in [-0.2, 0) is 0 Å². The van der Waals surface area contributed by atoms with Crippen molar-refractivity contribution in [2.45, 2.75) is 39.0 Å². The normalized spacial score (nSPS) is 13.4. The lowest BCUT2D eigenvalue weighted by Crippen LogP contribution is -2.17. The Balaban J connectivity index is 2.01. The molecule has 98 valence electrons. The summed E-state index contributed by atoms with van der Waals surface area (Å²) in [6, 6.07) is 5.53. The Morgan fingerprint density at radius 2 is 2.00 bits per heavy atom. The number of hydrogen-bond acceptors (Lipinski definition) is 3. The zero-order valence-corrected chi connectivity index (χ0v) is 10.9. The molecule has 0 fully saturated rings. The van der Waals surface area contributed by atoms with Crippen LogP contribution in [0.4, 0.5) is 0 Å². The summed E-state index contributed by atoms with van der Waals surface area (Å²) in [4.78, 5) is 12.1. The molecular weight excluding hydrogens is 228 g/mol. The number of Topliss-reactive ketones (excluding diaryl/α,β-unsaturated/α-hetero) is 1. The van der Waals surface area contributed by atoms with Crippen LogP contribution in [-0.4, -0.2) is 19.0 Å². The predicted octanol–water partition coefficient (Wildman–Crippen LogP) is 3.61. The van der Waals surface area contributed by atoms with E-state index in [-0.39, 0.29) is 5.78 Å². The average molecular weight is 248 g/mol. The molecule has 0 aromatic heterocycles. The Morgan fingerprint density at radius 1 is 1.17 bits per heavy atom. The van der Waals surface area contributed by atoms with E-state index in [2.05, 4.69) is 6.92 Å². The molecular formula is C15H20O3. The van der Waals surface area contributed by atoms with E-state index < -0.39 is 0 Å². The van der Waals surface area contributed by atoms with Crippen LogP contribution < -0.4 is 9.47 Å². The maximum absolute atomic E-state index is 12.1. The Kier molecular flexibility index (Phi) is 4.62. The zero-order chi connectivity index (χ0) is 12.8. The van der Waals surface area contributed by atoms with Crippen molar-refractivity contribution in [3.63, 3.8) is 0 Å². The van der Waals surface area contributed by atoms with Crippen LogP contribution in [0.1, 0.15) is 49.4 Å². The summed E-state index contributed by atoms with van der Waals surface area (Å²) in [5.41, 5.74) is 0.670. The molecule has 1 aliphatic rings. The fourth-order valence-corrected chi connectivity index (χ4v) is 2.14. The van der Waals surface area contributed by atoms with Crippen molar-refractivity contribution >= 4 is 5.78 Å². The SMILES string of the molecule is CCCCCCC(=O)c1cccc2c1OCCO2. The van der Waals surface area contributed by atoms with Gasteiger partial charge >= 0.3 is 0 Å². The maximum Gasteiger partial charge on any atom is 0.172 e. The minimum absolute atomic E-state index is 0.161. The van der Waals surface area contributed by atoms with E-state index in [1.165, 1.54) is 12.8 Å². The van der Waals surface area contributed by atoms with Crippen LogP contribution in [0.3, 0.4) is 0 Å². The summed E-state index contributed by atoms with van der Waals surface area (Å²) in [7, 11) is 0. The topological polar surface area (TPSA) is 35.5 Å². The van der Waals surface area contributed by atoms with Gasteiger partial charge < -0.3 is 9.47 Å². The zero-order valence-electron chi connectivity index (χ0n) is 10.9. The molecule has 0 aliphatic carbocycles. The van der Waals surface area contributed by atoms with Crippen LogP contribution in [0.15, 0.2) is 18.2 Å². The first-order chi connectivity index (χ1) is 8.83. The van der Waals surface area contributed by atoms with Crippen molar-refractivity contribution in [3.05, 3.63) is 23.8 Å². The first-order valence-electron chi connectivity index (χ1n) is 6.74. The van der Waals surface area contributed by atoms with E-state index in [0.717, 1.165) is 12.8 Å². The molecule has 1 aromatic carbocycles. The van der Waals surface area contributed by atoms with E-state index in [0.29, 0.717) is 36.7 Å². The third-order valence-corrected chi connectivity index (χ3v) is 3.12. The van der Waals surface area contributed by atoms with Gasteiger partial charge in [0.1, 0.15) is 13.2 Å². The summed E-state index contributed by atoms with van der Waals surface area (Å²) in [6.07, 6.45) is 5.05. The van der Waals surface area contributed by atoms with Crippen LogP contribution >= 0.6 is 0 Å². The second kappa shape index (κ2) is 6.43. The number of ether oxygens (including phenoxy) is 2. The van der Waals surface area contributed by atoms with Crippen molar-refractivity contribution in [1.82, 2.24) is 0 Å². The highest BCUT2D eigenvalue weighted by atomic mass is 16.6. The number of hydrogen-bond donors (Lipinski definition) is 0. The molecule has 1 aromatic rings. The molecule has 1 heterocycles. The molecule has 3 heteroatoms. The molecule has 0 N–H and O–H groups in total. The first-order valence-corrected chi connectivity index (χ1v) is 6.74. The van der Waals surface area contributed by atoms with E-state index >= 15 is 0 Å². The summed E-state index contributed by atoms with van der Waals surface area (Å²) < 4.78 is 11.0. The van der Waals surface area contributed by atoms with Crippen molar-refractivity contribution in [2.24, 2.45) is 0 Å². The van der Waals surface area contributed by atoms with Gasteiger partial charge in [-0.2, -0.15) is 0 Å².